The van der Waals surface area contributed by atoms with Crippen molar-refractivity contribution in [2.75, 3.05) is 25.1 Å². The monoisotopic (exact) mass is 983 g/mol. The number of nitrogens with one attached hydrogen (secondary N) is 7. The molecule has 0 bridgehead atoms. The standard InChI is InChI=1S/C45H82N12O10S/c1-23(2)20-31(39(61)55-32(21-24(3)4)40(62)56-33(44(66)67)22-25(5)6)54-36(58)27(9)50-37(59)29(14-12-17-49-45(47)48)52-41(63)34-15-13-18-57(34)43(65)28(10)51-38(60)30(16-19-68-11)53-42(64)35(46)26(7)8/h23-35H,12-22,46H2,1-11H3,(H,50,59)(H,51,60)(H,52,63)(H,53,64)(H,54,58)(H,55,61)(H,56,62)(H,66,67)(H4,47,48,49)/t27-,28-,29-,30-,31-,32-,33-,34-,35-/m0/s1. The largest absolute Gasteiger partial charge is 0.480 e. The number of thioether (sulfide) groups is 1. The van der Waals surface area contributed by atoms with Crippen LogP contribution in [0.25, 0.3) is 0 Å². The van der Waals surface area contributed by atoms with Crippen LogP contribution in [0.2, 0.25) is 0 Å². The lowest BCUT2D eigenvalue weighted by Gasteiger charge is -2.30. The first-order valence-electron chi connectivity index (χ1n) is 23.7. The summed E-state index contributed by atoms with van der Waals surface area (Å²) in [6, 6.07) is -9.76. The van der Waals surface area contributed by atoms with Gasteiger partial charge in [0, 0.05) is 13.1 Å². The third-order valence-corrected chi connectivity index (χ3v) is 11.8. The van der Waals surface area contributed by atoms with Gasteiger partial charge in [0.05, 0.1) is 6.04 Å². The highest BCUT2D eigenvalue weighted by molar-refractivity contribution is 7.98. The maximum absolute atomic E-state index is 13.9. The van der Waals surface area contributed by atoms with Crippen molar-refractivity contribution in [2.45, 2.75) is 175 Å². The second-order valence-electron chi connectivity index (χ2n) is 19.2. The molecule has 0 spiro atoms. The molecule has 0 aromatic carbocycles. The topological polar surface area (TPSA) is 352 Å². The first-order valence-corrected chi connectivity index (χ1v) is 25.0. The number of likely N-dealkylation sites (tertiary alicyclic amines) is 1. The normalized spacial score (nSPS) is 17.2. The lowest BCUT2D eigenvalue weighted by atomic mass is 9.99. The summed E-state index contributed by atoms with van der Waals surface area (Å²) in [7, 11) is 0. The van der Waals surface area contributed by atoms with Crippen LogP contribution in [0.5, 0.6) is 0 Å². The van der Waals surface area contributed by atoms with Crippen molar-refractivity contribution >= 4 is 70.9 Å². The van der Waals surface area contributed by atoms with Gasteiger partial charge >= 0.3 is 5.97 Å². The van der Waals surface area contributed by atoms with Crippen molar-refractivity contribution in [2.24, 2.45) is 45.9 Å². The van der Waals surface area contributed by atoms with Crippen molar-refractivity contribution in [3.8, 4) is 0 Å². The molecule has 0 unspecified atom stereocenters. The van der Waals surface area contributed by atoms with E-state index in [1.54, 1.807) is 13.8 Å². The quantitative estimate of drug-likeness (QED) is 0.0244. The Bertz CT molecular complexity index is 1740. The molecule has 0 aliphatic carbocycles. The fourth-order valence-corrected chi connectivity index (χ4v) is 7.83. The first kappa shape index (κ1) is 60.8. The number of hydrogen-bond donors (Lipinski definition) is 11. The molecule has 388 valence electrons. The zero-order valence-electron chi connectivity index (χ0n) is 41.9. The number of hydrogen-bond acceptors (Lipinski definition) is 12. The lowest BCUT2D eigenvalue weighted by Crippen LogP contribution is -2.59. The number of guanidine groups is 1. The van der Waals surface area contributed by atoms with Crippen molar-refractivity contribution in [3.63, 3.8) is 0 Å². The van der Waals surface area contributed by atoms with Gasteiger partial charge in [0.1, 0.15) is 48.3 Å². The minimum atomic E-state index is -1.23. The molecule has 1 aliphatic heterocycles. The Balaban J connectivity index is 3.23. The molecular formula is C45H82N12O10S. The molecular weight excluding hydrogens is 901 g/mol. The molecule has 1 saturated heterocycles. The summed E-state index contributed by atoms with van der Waals surface area (Å²) < 4.78 is 0. The average molecular weight is 983 g/mol. The van der Waals surface area contributed by atoms with Crippen LogP contribution in [0.3, 0.4) is 0 Å². The van der Waals surface area contributed by atoms with E-state index in [1.807, 2.05) is 47.8 Å². The van der Waals surface area contributed by atoms with E-state index in [4.69, 9.17) is 17.2 Å². The van der Waals surface area contributed by atoms with Crippen molar-refractivity contribution in [3.05, 3.63) is 0 Å². The number of amides is 8. The predicted octanol–water partition coefficient (Wildman–Crippen LogP) is -0.576. The van der Waals surface area contributed by atoms with Crippen LogP contribution in [0, 0.1) is 23.7 Å². The number of aliphatic carboxylic acids is 1. The molecule has 0 radical (unpaired) electrons. The summed E-state index contributed by atoms with van der Waals surface area (Å²) in [6.07, 6.45) is 3.64. The number of nitrogens with zero attached hydrogens (tertiary/aromatic N) is 2. The molecule has 23 heteroatoms. The van der Waals surface area contributed by atoms with Gasteiger partial charge in [-0.2, -0.15) is 11.8 Å². The van der Waals surface area contributed by atoms with E-state index in [-0.39, 0.29) is 87.7 Å². The van der Waals surface area contributed by atoms with E-state index in [0.29, 0.717) is 12.2 Å². The van der Waals surface area contributed by atoms with Crippen LogP contribution < -0.4 is 54.4 Å². The molecule has 14 N–H and O–H groups in total. The zero-order chi connectivity index (χ0) is 52.0. The van der Waals surface area contributed by atoms with E-state index in [2.05, 4.69) is 42.2 Å². The minimum Gasteiger partial charge on any atom is -0.480 e. The second kappa shape index (κ2) is 30.3. The zero-order valence-corrected chi connectivity index (χ0v) is 42.8. The van der Waals surface area contributed by atoms with Crippen LogP contribution in [0.4, 0.5) is 0 Å². The van der Waals surface area contributed by atoms with Crippen LogP contribution in [-0.4, -0.2) is 149 Å². The number of carboxylic acids is 1. The fraction of sp³-hybridized carbons (Fsp3) is 0.778. The maximum Gasteiger partial charge on any atom is 0.326 e. The minimum absolute atomic E-state index is 0.0248. The Labute approximate surface area is 406 Å². The van der Waals surface area contributed by atoms with Gasteiger partial charge in [-0.3, -0.25) is 43.3 Å². The van der Waals surface area contributed by atoms with E-state index < -0.39 is 108 Å². The highest BCUT2D eigenvalue weighted by Crippen LogP contribution is 2.20. The smallest absolute Gasteiger partial charge is 0.326 e. The molecule has 0 aromatic rings. The van der Waals surface area contributed by atoms with Crippen LogP contribution in [0.1, 0.15) is 121 Å². The van der Waals surface area contributed by atoms with Gasteiger partial charge in [-0.15, -0.1) is 0 Å². The summed E-state index contributed by atoms with van der Waals surface area (Å²) >= 11 is 1.48. The summed E-state index contributed by atoms with van der Waals surface area (Å²) in [5.41, 5.74) is 17.0. The highest BCUT2D eigenvalue weighted by atomic mass is 32.2. The predicted molar refractivity (Wildman–Crippen MR) is 261 cm³/mol. The van der Waals surface area contributed by atoms with Crippen molar-refractivity contribution in [1.82, 2.24) is 42.1 Å². The number of aliphatic imine (C=N–C) groups is 1. The third-order valence-electron chi connectivity index (χ3n) is 11.2. The number of carboxylic acid groups (broad SMARTS) is 1. The Kier molecular flexibility index (Phi) is 27.1. The third kappa shape index (κ3) is 21.8. The molecule has 1 aliphatic rings. The van der Waals surface area contributed by atoms with Gasteiger partial charge in [-0.05, 0) is 101 Å². The Hall–Kier alpha value is -5.19. The van der Waals surface area contributed by atoms with Crippen molar-refractivity contribution < 1.29 is 48.3 Å². The fourth-order valence-electron chi connectivity index (χ4n) is 7.36. The molecule has 0 saturated carbocycles. The van der Waals surface area contributed by atoms with Gasteiger partial charge in [-0.25, -0.2) is 4.79 Å². The number of carbonyl (C=O) groups excluding carboxylic acids is 8. The molecule has 1 rings (SSSR count). The van der Waals surface area contributed by atoms with E-state index >= 15 is 0 Å². The van der Waals surface area contributed by atoms with Gasteiger partial charge in [0.2, 0.25) is 47.3 Å². The van der Waals surface area contributed by atoms with Crippen LogP contribution in [0.15, 0.2) is 4.99 Å². The van der Waals surface area contributed by atoms with E-state index in [1.165, 1.54) is 30.5 Å². The number of nitrogens with two attached hydrogens (primary N) is 3. The summed E-state index contributed by atoms with van der Waals surface area (Å²) in [4.78, 5) is 126. The van der Waals surface area contributed by atoms with Crippen molar-refractivity contribution in [1.29, 1.82) is 0 Å². The maximum atomic E-state index is 13.9. The van der Waals surface area contributed by atoms with Crippen LogP contribution >= 0.6 is 11.8 Å². The first-order chi connectivity index (χ1) is 31.7. The molecule has 1 fully saturated rings. The van der Waals surface area contributed by atoms with Gasteiger partial charge in [0.15, 0.2) is 5.96 Å². The summed E-state index contributed by atoms with van der Waals surface area (Å²) in [5, 5.41) is 28.3. The lowest BCUT2D eigenvalue weighted by molar-refractivity contribution is -0.143. The van der Waals surface area contributed by atoms with Gasteiger partial charge in [-0.1, -0.05) is 55.4 Å². The SMILES string of the molecule is CSCC[C@H](NC(=O)[C@@H](N)C(C)C)C(=O)N[C@@H](C)C(=O)N1CCC[C@H]1C(=O)N[C@@H](CCCN=C(N)N)C(=O)N[C@@H](C)C(=O)N[C@@H](CC(C)C)C(=O)N[C@@H](CC(C)C)C(=O)N[C@@H](CC(C)C)C(=O)O. The second-order valence-corrected chi connectivity index (χ2v) is 20.2. The van der Waals surface area contributed by atoms with E-state index in [0.717, 1.165) is 0 Å². The molecule has 8 amide bonds. The van der Waals surface area contributed by atoms with Gasteiger partial charge < -0.3 is 64.4 Å². The van der Waals surface area contributed by atoms with Crippen LogP contribution in [-0.2, 0) is 43.2 Å². The van der Waals surface area contributed by atoms with E-state index in [9.17, 15) is 48.3 Å². The highest BCUT2D eigenvalue weighted by Gasteiger charge is 2.39. The average Bonchev–Trinajstić information content (AvgIpc) is 3.74. The Morgan fingerprint density at radius 3 is 1.56 bits per heavy atom. The molecule has 22 nitrogen and oxygen atoms in total. The molecule has 1 heterocycles. The summed E-state index contributed by atoms with van der Waals surface area (Å²) in [6.45, 7) is 17.8. The Morgan fingerprint density at radius 1 is 0.618 bits per heavy atom. The summed E-state index contributed by atoms with van der Waals surface area (Å²) in [5.74, 6) is -6.31. The Morgan fingerprint density at radius 2 is 1.07 bits per heavy atom. The molecule has 68 heavy (non-hydrogen) atoms. The number of carbonyl (C=O) groups is 9. The van der Waals surface area contributed by atoms with Gasteiger partial charge in [0.25, 0.3) is 0 Å². The molecule has 0 aromatic heterocycles. The molecule has 9 atom stereocenters. The number of rotatable bonds is 30.